The largest absolute Gasteiger partial charge is 0.157 e. The van der Waals surface area contributed by atoms with Crippen molar-refractivity contribution in [2.24, 2.45) is 0 Å². The second-order valence-electron chi connectivity index (χ2n) is 4.47. The van der Waals surface area contributed by atoms with E-state index in [9.17, 15) is 0 Å². The third-order valence-corrected chi connectivity index (χ3v) is 10.8. The molecule has 0 aromatic carbocycles. The van der Waals surface area contributed by atoms with Crippen molar-refractivity contribution in [3.8, 4) is 0 Å². The van der Waals surface area contributed by atoms with Crippen LogP contribution in [0.25, 0.3) is 0 Å². The first-order valence-electron chi connectivity index (χ1n) is 5.91. The lowest BCUT2D eigenvalue weighted by Gasteiger charge is -2.27. The monoisotopic (exact) mass is 324 g/mol. The topological polar surface area (TPSA) is 0 Å². The average Bonchev–Trinajstić information content (AvgIpc) is 3.07. The van der Waals surface area contributed by atoms with Crippen LogP contribution in [-0.2, 0) is 0 Å². The molecule has 0 aromatic heterocycles. The molecule has 2 aliphatic rings. The Hall–Kier alpha value is 1.49. The minimum Gasteiger partial charge on any atom is -0.157 e. The number of rotatable bonds is 7. The van der Waals surface area contributed by atoms with E-state index < -0.39 is 0 Å². The van der Waals surface area contributed by atoms with Gasteiger partial charge in [0.15, 0.2) is 0 Å². The lowest BCUT2D eigenvalue weighted by atomic mass is 10.5. The highest BCUT2D eigenvalue weighted by atomic mass is 32.2. The zero-order valence-electron chi connectivity index (χ0n) is 10.2. The van der Waals surface area contributed by atoms with Gasteiger partial charge in [0.2, 0.25) is 0 Å². The van der Waals surface area contributed by atoms with Crippen molar-refractivity contribution in [2.45, 2.75) is 21.5 Å². The Kier molecular flexibility index (Phi) is 6.41. The van der Waals surface area contributed by atoms with Crippen LogP contribution in [-0.4, -0.2) is 49.1 Å². The smallest absolute Gasteiger partial charge is 0.0674 e. The van der Waals surface area contributed by atoms with E-state index in [2.05, 4.69) is 60.6 Å². The van der Waals surface area contributed by atoms with Gasteiger partial charge in [-0.2, -0.15) is 35.3 Å². The molecule has 0 bridgehead atoms. The second-order valence-corrected chi connectivity index (χ2v) is 11.5. The first-order valence-corrected chi connectivity index (χ1v) is 11.1. The Morgan fingerprint density at radius 3 is 2.47 bits per heavy atom. The lowest BCUT2D eigenvalue weighted by Crippen LogP contribution is -2.25. The standard InChI is InChI=1S/C12H20S5/c1-3-4-13-5-10-6-15-11(7-14-10)8-16-12(2)9-17-12/h3,10-11H,1,4-9H2,2H3. The molecule has 2 saturated heterocycles. The number of hydrogen-bond acceptors (Lipinski definition) is 5. The predicted octanol–water partition coefficient (Wildman–Crippen LogP) is 4.32. The van der Waals surface area contributed by atoms with E-state index in [-0.39, 0.29) is 0 Å². The summed E-state index contributed by atoms with van der Waals surface area (Å²) < 4.78 is 0.585. The Labute approximate surface area is 127 Å². The predicted molar refractivity (Wildman–Crippen MR) is 93.3 cm³/mol. The summed E-state index contributed by atoms with van der Waals surface area (Å²) in [6, 6.07) is 0. The van der Waals surface area contributed by atoms with Gasteiger partial charge >= 0.3 is 0 Å². The van der Waals surface area contributed by atoms with Gasteiger partial charge in [-0.1, -0.05) is 6.08 Å². The van der Waals surface area contributed by atoms with Crippen LogP contribution in [0.1, 0.15) is 6.92 Å². The molecule has 2 heterocycles. The normalized spacial score (nSPS) is 36.8. The Balaban J connectivity index is 1.55. The van der Waals surface area contributed by atoms with Crippen LogP contribution in [0.2, 0.25) is 0 Å². The number of thioether (sulfide) groups is 5. The summed E-state index contributed by atoms with van der Waals surface area (Å²) in [4.78, 5) is 0. The van der Waals surface area contributed by atoms with E-state index in [1.165, 1.54) is 28.8 Å². The molecule has 0 saturated carbocycles. The molecule has 0 spiro atoms. The molecule has 0 N–H and O–H groups in total. The van der Waals surface area contributed by atoms with E-state index in [1.807, 2.05) is 17.8 Å². The van der Waals surface area contributed by atoms with Crippen molar-refractivity contribution in [1.29, 1.82) is 0 Å². The zero-order valence-corrected chi connectivity index (χ0v) is 14.3. The van der Waals surface area contributed by atoms with Crippen molar-refractivity contribution < 1.29 is 0 Å². The van der Waals surface area contributed by atoms with Gasteiger partial charge in [0.1, 0.15) is 0 Å². The molecule has 0 aliphatic carbocycles. The molecule has 0 nitrogen and oxygen atoms in total. The summed E-state index contributed by atoms with van der Waals surface area (Å²) in [6.45, 7) is 6.16. The summed E-state index contributed by atoms with van der Waals surface area (Å²) in [6.07, 6.45) is 2.01. The van der Waals surface area contributed by atoms with E-state index in [0.29, 0.717) is 4.08 Å². The second kappa shape index (κ2) is 7.32. The molecule has 2 rings (SSSR count). The van der Waals surface area contributed by atoms with Crippen LogP contribution < -0.4 is 0 Å². The van der Waals surface area contributed by atoms with E-state index in [0.717, 1.165) is 16.3 Å². The number of hydrogen-bond donors (Lipinski definition) is 0. The molecule has 17 heavy (non-hydrogen) atoms. The Morgan fingerprint density at radius 2 is 1.94 bits per heavy atom. The fourth-order valence-electron chi connectivity index (χ4n) is 1.51. The molecule has 0 radical (unpaired) electrons. The molecule has 0 amide bonds. The first-order chi connectivity index (χ1) is 8.22. The van der Waals surface area contributed by atoms with Gasteiger partial charge in [-0.05, 0) is 6.92 Å². The van der Waals surface area contributed by atoms with Crippen LogP contribution in [0.4, 0.5) is 0 Å². The van der Waals surface area contributed by atoms with Crippen molar-refractivity contribution in [3.63, 3.8) is 0 Å². The van der Waals surface area contributed by atoms with Gasteiger partial charge in [0.25, 0.3) is 0 Å². The van der Waals surface area contributed by atoms with Crippen molar-refractivity contribution in [1.82, 2.24) is 0 Å². The van der Waals surface area contributed by atoms with Crippen molar-refractivity contribution in [2.75, 3.05) is 34.5 Å². The third kappa shape index (κ3) is 5.55. The van der Waals surface area contributed by atoms with Crippen LogP contribution in [0, 0.1) is 0 Å². The maximum absolute atomic E-state index is 3.77. The molecule has 2 aliphatic heterocycles. The molecule has 3 unspecified atom stereocenters. The van der Waals surface area contributed by atoms with E-state index >= 15 is 0 Å². The fourth-order valence-corrected chi connectivity index (χ4v) is 8.11. The van der Waals surface area contributed by atoms with E-state index in [1.54, 1.807) is 0 Å². The van der Waals surface area contributed by atoms with Gasteiger partial charge in [0.05, 0.1) is 4.08 Å². The highest BCUT2D eigenvalue weighted by Gasteiger charge is 2.39. The zero-order chi connectivity index (χ0) is 12.1. The highest BCUT2D eigenvalue weighted by Crippen LogP contribution is 2.54. The molecular weight excluding hydrogens is 304 g/mol. The molecule has 3 atom stereocenters. The third-order valence-electron chi connectivity index (χ3n) is 2.70. The lowest BCUT2D eigenvalue weighted by molar-refractivity contribution is 1.05. The van der Waals surface area contributed by atoms with Gasteiger partial charge in [-0.3, -0.25) is 0 Å². The molecule has 98 valence electrons. The van der Waals surface area contributed by atoms with Gasteiger partial charge < -0.3 is 0 Å². The van der Waals surface area contributed by atoms with Gasteiger partial charge in [-0.15, -0.1) is 30.1 Å². The minimum atomic E-state index is 0.585. The van der Waals surface area contributed by atoms with Crippen LogP contribution >= 0.6 is 58.8 Å². The molecule has 0 aromatic rings. The maximum atomic E-state index is 3.77. The highest BCUT2D eigenvalue weighted by molar-refractivity contribution is 8.25. The summed E-state index contributed by atoms with van der Waals surface area (Å²) in [5.74, 6) is 7.84. The van der Waals surface area contributed by atoms with E-state index in [4.69, 9.17) is 0 Å². The van der Waals surface area contributed by atoms with Crippen LogP contribution in [0.5, 0.6) is 0 Å². The average molecular weight is 325 g/mol. The van der Waals surface area contributed by atoms with Gasteiger partial charge in [-0.25, -0.2) is 0 Å². The first kappa shape index (κ1) is 14.9. The summed E-state index contributed by atoms with van der Waals surface area (Å²) >= 11 is 10.7. The van der Waals surface area contributed by atoms with Crippen LogP contribution in [0.15, 0.2) is 12.7 Å². The van der Waals surface area contributed by atoms with Crippen molar-refractivity contribution >= 4 is 58.8 Å². The van der Waals surface area contributed by atoms with Crippen LogP contribution in [0.3, 0.4) is 0 Å². The molecule has 2 fully saturated rings. The summed E-state index contributed by atoms with van der Waals surface area (Å²) in [5.41, 5.74) is 0. The fraction of sp³-hybridized carbons (Fsp3) is 0.833. The molecular formula is C12H20S5. The molecule has 5 heteroatoms. The quantitative estimate of drug-likeness (QED) is 0.387. The summed E-state index contributed by atoms with van der Waals surface area (Å²) in [7, 11) is 0. The SMILES string of the molecule is C=CCSCC1CSC(CSC2(C)CS2)CS1. The van der Waals surface area contributed by atoms with Crippen molar-refractivity contribution in [3.05, 3.63) is 12.7 Å². The minimum absolute atomic E-state index is 0.585. The Morgan fingerprint density at radius 1 is 1.29 bits per heavy atom. The van der Waals surface area contributed by atoms with Gasteiger partial charge in [0, 0.05) is 45.0 Å². The Bertz CT molecular complexity index is 243. The maximum Gasteiger partial charge on any atom is 0.0674 e. The summed E-state index contributed by atoms with van der Waals surface area (Å²) in [5, 5.41) is 1.76.